The highest BCUT2D eigenvalue weighted by Gasteiger charge is 2.74. The smallest absolute Gasteiger partial charge is 0.312 e. The molecule has 1 aromatic carbocycles. The van der Waals surface area contributed by atoms with Gasteiger partial charge in [-0.1, -0.05) is 35.0 Å². The summed E-state index contributed by atoms with van der Waals surface area (Å²) in [6.45, 7) is 1.34. The lowest BCUT2D eigenvalue weighted by Gasteiger charge is -2.09. The normalized spacial score (nSPS) is 29.1. The van der Waals surface area contributed by atoms with Crippen molar-refractivity contribution in [3.8, 4) is 0 Å². The van der Waals surface area contributed by atoms with Crippen molar-refractivity contribution in [1.29, 1.82) is 0 Å². The molecule has 0 heterocycles. The average Bonchev–Trinajstić information content (AvgIpc) is 3.11. The maximum Gasteiger partial charge on any atom is 0.312 e. The quantitative estimate of drug-likeness (QED) is 0.825. The summed E-state index contributed by atoms with van der Waals surface area (Å²) in [5.74, 6) is -1.81. The van der Waals surface area contributed by atoms with Gasteiger partial charge in [0.25, 0.3) is 0 Å². The van der Waals surface area contributed by atoms with Gasteiger partial charge in [-0.05, 0) is 17.7 Å². The molecule has 7 heteroatoms. The van der Waals surface area contributed by atoms with Crippen LogP contribution in [0.5, 0.6) is 0 Å². The van der Waals surface area contributed by atoms with Crippen LogP contribution in [0.4, 0.5) is 0 Å². The Morgan fingerprint density at radius 2 is 1.95 bits per heavy atom. The fourth-order valence-corrected chi connectivity index (χ4v) is 5.18. The van der Waals surface area contributed by atoms with Crippen LogP contribution in [0.25, 0.3) is 0 Å². The van der Waals surface area contributed by atoms with Gasteiger partial charge in [0, 0.05) is 22.7 Å². The number of nitrogens with two attached hydrogens (primary N) is 1. The van der Waals surface area contributed by atoms with Gasteiger partial charge in [-0.15, -0.1) is 0 Å². The second-order valence-electron chi connectivity index (χ2n) is 4.95. The van der Waals surface area contributed by atoms with Crippen molar-refractivity contribution in [3.63, 3.8) is 0 Å². The van der Waals surface area contributed by atoms with Crippen molar-refractivity contribution in [2.75, 3.05) is 12.3 Å². The first-order valence-corrected chi connectivity index (χ1v) is 8.72. The molecule has 110 valence electrons. The third kappa shape index (κ3) is 2.17. The molecule has 1 aliphatic rings. The molecule has 20 heavy (non-hydrogen) atoms. The van der Waals surface area contributed by atoms with Gasteiger partial charge in [-0.25, -0.2) is 8.42 Å². The molecular weight excluding hydrogens is 346 g/mol. The van der Waals surface area contributed by atoms with Crippen molar-refractivity contribution in [1.82, 2.24) is 0 Å². The van der Waals surface area contributed by atoms with Crippen molar-refractivity contribution >= 4 is 31.7 Å². The molecule has 1 aromatic rings. The molecule has 0 amide bonds. The van der Waals surface area contributed by atoms with Gasteiger partial charge < -0.3 is 10.8 Å². The Hall–Kier alpha value is -0.920. The van der Waals surface area contributed by atoms with Crippen LogP contribution in [0, 0.1) is 5.41 Å². The summed E-state index contributed by atoms with van der Waals surface area (Å²) in [4.78, 5) is 11.6. The van der Waals surface area contributed by atoms with Crippen LogP contribution in [0.15, 0.2) is 28.7 Å². The van der Waals surface area contributed by atoms with E-state index in [1.807, 2.05) is 0 Å². The Kier molecular flexibility index (Phi) is 3.96. The predicted molar refractivity (Wildman–Crippen MR) is 79.3 cm³/mol. The second-order valence-corrected chi connectivity index (χ2v) is 8.28. The first-order valence-electron chi connectivity index (χ1n) is 6.21. The van der Waals surface area contributed by atoms with E-state index in [0.717, 1.165) is 4.47 Å². The molecule has 0 unspecified atom stereocenters. The van der Waals surface area contributed by atoms with Gasteiger partial charge in [0.05, 0.1) is 5.25 Å². The average molecular weight is 362 g/mol. The molecule has 1 aliphatic carbocycles. The van der Waals surface area contributed by atoms with E-state index in [4.69, 9.17) is 5.73 Å². The van der Waals surface area contributed by atoms with Crippen LogP contribution in [-0.2, 0) is 14.6 Å². The molecule has 5 nitrogen and oxygen atoms in total. The highest BCUT2D eigenvalue weighted by atomic mass is 79.9. The molecular formula is C13H16BrNO4S. The van der Waals surface area contributed by atoms with Crippen LogP contribution in [0.1, 0.15) is 18.4 Å². The summed E-state index contributed by atoms with van der Waals surface area (Å²) in [5, 5.41) is 8.52. The molecule has 0 bridgehead atoms. The summed E-state index contributed by atoms with van der Waals surface area (Å²) in [6, 6.07) is 7.03. The summed E-state index contributed by atoms with van der Waals surface area (Å²) in [7, 11) is -3.47. The Balaban J connectivity index is 2.50. The second kappa shape index (κ2) is 5.13. The van der Waals surface area contributed by atoms with Gasteiger partial charge in [0.1, 0.15) is 5.41 Å². The van der Waals surface area contributed by atoms with Gasteiger partial charge in [-0.2, -0.15) is 0 Å². The minimum absolute atomic E-state index is 0.0836. The zero-order valence-corrected chi connectivity index (χ0v) is 13.3. The molecule has 1 fully saturated rings. The molecule has 3 atom stereocenters. The van der Waals surface area contributed by atoms with Crippen LogP contribution in [0.2, 0.25) is 0 Å². The van der Waals surface area contributed by atoms with E-state index in [0.29, 0.717) is 5.56 Å². The number of aliphatic carboxylic acids is 1. The van der Waals surface area contributed by atoms with Crippen LogP contribution in [0.3, 0.4) is 0 Å². The Morgan fingerprint density at radius 3 is 2.35 bits per heavy atom. The summed E-state index contributed by atoms with van der Waals surface area (Å²) in [5.41, 5.74) is 4.91. The fraction of sp³-hybridized carbons (Fsp3) is 0.462. The predicted octanol–water partition coefficient (Wildman–Crippen LogP) is 1.38. The summed E-state index contributed by atoms with van der Waals surface area (Å²) < 4.78 is 25.2. The maximum atomic E-state index is 12.2. The van der Waals surface area contributed by atoms with Crippen LogP contribution >= 0.6 is 15.9 Å². The number of benzene rings is 1. The number of hydrogen-bond donors (Lipinski definition) is 2. The molecule has 0 aliphatic heterocycles. The van der Waals surface area contributed by atoms with Crippen molar-refractivity contribution in [2.45, 2.75) is 18.1 Å². The summed E-state index contributed by atoms with van der Waals surface area (Å²) >= 11 is 3.30. The van der Waals surface area contributed by atoms with Crippen LogP contribution in [-0.4, -0.2) is 37.0 Å². The highest BCUT2D eigenvalue weighted by molar-refractivity contribution is 9.10. The summed E-state index contributed by atoms with van der Waals surface area (Å²) in [6.07, 6.45) is 0. The Labute approximate surface area is 126 Å². The maximum absolute atomic E-state index is 12.2. The van der Waals surface area contributed by atoms with Gasteiger partial charge in [-0.3, -0.25) is 4.79 Å². The number of carboxylic acid groups (broad SMARTS) is 1. The third-order valence-electron chi connectivity index (χ3n) is 4.01. The topological polar surface area (TPSA) is 97.5 Å². The van der Waals surface area contributed by atoms with Gasteiger partial charge in [0.15, 0.2) is 9.84 Å². The molecule has 3 N–H and O–H groups in total. The SMILES string of the molecule is CCS(=O)(=O)[C@@H]1[C@@H](c2ccc(Br)cc2)[C@@]1(CN)C(=O)O. The molecule has 0 radical (unpaired) electrons. The van der Waals surface area contributed by atoms with E-state index in [1.165, 1.54) is 6.92 Å². The molecule has 0 spiro atoms. The Bertz CT molecular complexity index is 628. The number of halogens is 1. The van der Waals surface area contributed by atoms with Gasteiger partial charge in [0.2, 0.25) is 0 Å². The van der Waals surface area contributed by atoms with E-state index in [1.54, 1.807) is 24.3 Å². The minimum Gasteiger partial charge on any atom is -0.481 e. The lowest BCUT2D eigenvalue weighted by molar-refractivity contribution is -0.143. The molecule has 0 aromatic heterocycles. The number of rotatable bonds is 5. The molecule has 2 rings (SSSR count). The first-order chi connectivity index (χ1) is 9.31. The number of carboxylic acids is 1. The van der Waals surface area contributed by atoms with Crippen molar-refractivity contribution in [3.05, 3.63) is 34.3 Å². The largest absolute Gasteiger partial charge is 0.481 e. The minimum atomic E-state index is -3.47. The fourth-order valence-electron chi connectivity index (χ4n) is 2.84. The highest BCUT2D eigenvalue weighted by Crippen LogP contribution is 2.62. The number of hydrogen-bond acceptors (Lipinski definition) is 4. The Morgan fingerprint density at radius 1 is 1.40 bits per heavy atom. The van der Waals surface area contributed by atoms with E-state index >= 15 is 0 Å². The third-order valence-corrected chi connectivity index (χ3v) is 6.81. The van der Waals surface area contributed by atoms with E-state index in [9.17, 15) is 18.3 Å². The van der Waals surface area contributed by atoms with E-state index in [-0.39, 0.29) is 12.3 Å². The zero-order valence-electron chi connectivity index (χ0n) is 10.9. The lowest BCUT2D eigenvalue weighted by atomic mass is 9.99. The van der Waals surface area contributed by atoms with Crippen molar-refractivity contribution < 1.29 is 18.3 Å². The monoisotopic (exact) mass is 361 g/mol. The number of carbonyl (C=O) groups is 1. The number of sulfone groups is 1. The van der Waals surface area contributed by atoms with Crippen LogP contribution < -0.4 is 5.73 Å². The first kappa shape index (κ1) is 15.5. The lowest BCUT2D eigenvalue weighted by Crippen LogP contribution is -2.32. The zero-order chi connectivity index (χ0) is 15.1. The molecule has 1 saturated carbocycles. The molecule has 0 saturated heterocycles. The van der Waals surface area contributed by atoms with E-state index < -0.39 is 32.4 Å². The standard InChI is InChI=1S/C13H16BrNO4S/c1-2-20(18,19)11-10(13(11,7-15)12(16)17)8-3-5-9(14)6-4-8/h3-6,10-11H,2,7,15H2,1H3,(H,16,17)/t10-,11-,13-/m1/s1. The van der Waals surface area contributed by atoms with Crippen molar-refractivity contribution in [2.24, 2.45) is 11.1 Å². The van der Waals surface area contributed by atoms with Gasteiger partial charge >= 0.3 is 5.97 Å². The van der Waals surface area contributed by atoms with E-state index in [2.05, 4.69) is 15.9 Å².